The van der Waals surface area contributed by atoms with Crippen molar-refractivity contribution < 1.29 is 28.6 Å². The third kappa shape index (κ3) is 4.12. The highest BCUT2D eigenvalue weighted by Gasteiger charge is 2.36. The van der Waals surface area contributed by atoms with Crippen molar-refractivity contribution >= 4 is 18.0 Å². The number of oxazole rings is 1. The Morgan fingerprint density at radius 2 is 1.68 bits per heavy atom. The van der Waals surface area contributed by atoms with E-state index in [9.17, 15) is 14.4 Å². The van der Waals surface area contributed by atoms with Crippen molar-refractivity contribution in [2.45, 2.75) is 31.3 Å². The summed E-state index contributed by atoms with van der Waals surface area (Å²) in [7, 11) is 0. The van der Waals surface area contributed by atoms with Gasteiger partial charge in [-0.2, -0.15) is 0 Å². The summed E-state index contributed by atoms with van der Waals surface area (Å²) >= 11 is 0. The number of ether oxygens (including phenoxy) is 1. The van der Waals surface area contributed by atoms with Crippen LogP contribution in [0.15, 0.2) is 59.3 Å². The second kappa shape index (κ2) is 9.01. The van der Waals surface area contributed by atoms with Gasteiger partial charge in [0.25, 0.3) is 0 Å². The van der Waals surface area contributed by atoms with E-state index >= 15 is 0 Å². The zero-order valence-corrected chi connectivity index (χ0v) is 18.2. The van der Waals surface area contributed by atoms with E-state index in [-0.39, 0.29) is 48.4 Å². The lowest BCUT2D eigenvalue weighted by atomic mass is 9.79. The third-order valence-electron chi connectivity index (χ3n) is 6.44. The minimum Gasteiger partial charge on any atom is -0.476 e. The summed E-state index contributed by atoms with van der Waals surface area (Å²) in [6.45, 7) is 0.182. The van der Waals surface area contributed by atoms with Crippen LogP contribution in [0.1, 0.15) is 46.1 Å². The zero-order valence-electron chi connectivity index (χ0n) is 18.2. The second-order valence-corrected chi connectivity index (χ2v) is 8.48. The van der Waals surface area contributed by atoms with Crippen LogP contribution in [0.2, 0.25) is 0 Å². The highest BCUT2D eigenvalue weighted by Crippen LogP contribution is 2.44. The highest BCUT2D eigenvalue weighted by molar-refractivity contribution is 5.86. The van der Waals surface area contributed by atoms with E-state index in [0.717, 1.165) is 17.5 Å². The summed E-state index contributed by atoms with van der Waals surface area (Å²) in [6, 6.07) is 16.1. The van der Waals surface area contributed by atoms with Gasteiger partial charge in [0.05, 0.1) is 6.54 Å². The predicted octanol–water partition coefficient (Wildman–Crippen LogP) is 3.31. The standard InChI is InChI=1S/C25H23N3O6/c29-23(26-11-21-22(24(30)31)27-13-34-21)14-9-15(10-14)28-25(32)33-12-20-18-7-3-1-5-16(18)17-6-2-4-8-19(17)20/h1-8,13-15,20H,9-12H2,(H,26,29)(H,28,32)(H,30,31). The summed E-state index contributed by atoms with van der Waals surface area (Å²) in [5, 5.41) is 14.5. The Bertz CT molecular complexity index is 1200. The van der Waals surface area contributed by atoms with E-state index in [0.29, 0.717) is 12.8 Å². The van der Waals surface area contributed by atoms with Crippen LogP contribution in [-0.4, -0.2) is 40.7 Å². The van der Waals surface area contributed by atoms with E-state index in [1.165, 1.54) is 11.1 Å². The number of rotatable bonds is 7. The Labute approximate surface area is 195 Å². The molecule has 34 heavy (non-hydrogen) atoms. The van der Waals surface area contributed by atoms with E-state index in [4.69, 9.17) is 14.3 Å². The molecule has 1 saturated carbocycles. The molecular weight excluding hydrogens is 438 g/mol. The number of aromatic nitrogens is 1. The number of aromatic carboxylic acids is 1. The van der Waals surface area contributed by atoms with Gasteiger partial charge in [0.15, 0.2) is 17.8 Å². The Hall–Kier alpha value is -4.14. The largest absolute Gasteiger partial charge is 0.476 e. The van der Waals surface area contributed by atoms with Crippen LogP contribution in [0.25, 0.3) is 11.1 Å². The minimum atomic E-state index is -1.21. The molecule has 0 atom stereocenters. The average molecular weight is 461 g/mol. The normalized spacial score (nSPS) is 18.4. The lowest BCUT2D eigenvalue weighted by Crippen LogP contribution is -2.49. The van der Waals surface area contributed by atoms with Gasteiger partial charge in [-0.05, 0) is 35.1 Å². The molecule has 0 unspecified atom stereocenters. The van der Waals surface area contributed by atoms with E-state index in [2.05, 4.69) is 39.9 Å². The first-order chi connectivity index (χ1) is 16.5. The fourth-order valence-electron chi connectivity index (χ4n) is 4.64. The number of carboxylic acids is 1. The first kappa shape index (κ1) is 21.7. The molecule has 1 heterocycles. The fraction of sp³-hybridized carbons (Fsp3) is 0.280. The number of fused-ring (bicyclic) bond motifs is 3. The van der Waals surface area contributed by atoms with Crippen molar-refractivity contribution in [1.82, 2.24) is 15.6 Å². The number of hydrogen-bond donors (Lipinski definition) is 3. The van der Waals surface area contributed by atoms with Crippen molar-refractivity contribution in [3.63, 3.8) is 0 Å². The minimum absolute atomic E-state index is 0.00940. The molecule has 0 bridgehead atoms. The average Bonchev–Trinajstić information content (AvgIpc) is 3.41. The van der Waals surface area contributed by atoms with Crippen LogP contribution >= 0.6 is 0 Å². The molecule has 3 aromatic rings. The summed E-state index contributed by atoms with van der Waals surface area (Å²) in [4.78, 5) is 39.3. The van der Waals surface area contributed by atoms with Crippen LogP contribution in [-0.2, 0) is 16.1 Å². The van der Waals surface area contributed by atoms with Gasteiger partial charge in [0, 0.05) is 17.9 Å². The summed E-state index contributed by atoms with van der Waals surface area (Å²) < 4.78 is 10.6. The smallest absolute Gasteiger partial charge is 0.407 e. The van der Waals surface area contributed by atoms with Gasteiger partial charge in [-0.3, -0.25) is 4.79 Å². The van der Waals surface area contributed by atoms with E-state index < -0.39 is 12.1 Å². The number of alkyl carbamates (subject to hydrolysis) is 1. The maximum atomic E-state index is 12.4. The van der Waals surface area contributed by atoms with Crippen LogP contribution in [0.3, 0.4) is 0 Å². The van der Waals surface area contributed by atoms with Gasteiger partial charge >= 0.3 is 12.1 Å². The molecule has 2 amide bonds. The summed E-state index contributed by atoms with van der Waals surface area (Å²) in [6.07, 6.45) is 1.50. The molecule has 1 fully saturated rings. The van der Waals surface area contributed by atoms with Crippen molar-refractivity contribution in [3.8, 4) is 11.1 Å². The lowest BCUT2D eigenvalue weighted by Gasteiger charge is -2.34. The van der Waals surface area contributed by atoms with Crippen molar-refractivity contribution in [2.24, 2.45) is 5.92 Å². The third-order valence-corrected chi connectivity index (χ3v) is 6.44. The number of benzene rings is 2. The molecule has 0 saturated heterocycles. The van der Waals surface area contributed by atoms with Crippen LogP contribution in [0.4, 0.5) is 4.79 Å². The number of amides is 2. The molecule has 0 spiro atoms. The highest BCUT2D eigenvalue weighted by atomic mass is 16.5. The number of nitrogens with zero attached hydrogens (tertiary/aromatic N) is 1. The van der Waals surface area contributed by atoms with Gasteiger partial charge in [-0.25, -0.2) is 14.6 Å². The number of carboxylic acid groups (broad SMARTS) is 1. The van der Waals surface area contributed by atoms with Crippen molar-refractivity contribution in [2.75, 3.05) is 6.61 Å². The number of nitrogens with one attached hydrogen (secondary N) is 2. The van der Waals surface area contributed by atoms with Gasteiger partial charge in [-0.15, -0.1) is 0 Å². The molecule has 1 aromatic heterocycles. The maximum absolute atomic E-state index is 12.4. The molecule has 174 valence electrons. The Balaban J connectivity index is 1.08. The van der Waals surface area contributed by atoms with Crippen LogP contribution in [0.5, 0.6) is 0 Å². The van der Waals surface area contributed by atoms with Gasteiger partial charge in [0.1, 0.15) is 6.61 Å². The topological polar surface area (TPSA) is 131 Å². The summed E-state index contributed by atoms with van der Waals surface area (Å²) in [5.74, 6) is -1.62. The number of carbonyl (C=O) groups is 3. The molecule has 2 aliphatic carbocycles. The Morgan fingerprint density at radius 1 is 1.03 bits per heavy atom. The molecule has 3 N–H and O–H groups in total. The molecule has 0 aliphatic heterocycles. The van der Waals surface area contributed by atoms with Crippen LogP contribution in [0, 0.1) is 5.92 Å². The van der Waals surface area contributed by atoms with Gasteiger partial charge in [-0.1, -0.05) is 48.5 Å². The van der Waals surface area contributed by atoms with Gasteiger partial charge in [0.2, 0.25) is 5.91 Å². The van der Waals surface area contributed by atoms with E-state index in [1.807, 2.05) is 24.3 Å². The summed E-state index contributed by atoms with van der Waals surface area (Å²) in [5.41, 5.74) is 4.41. The fourth-order valence-corrected chi connectivity index (χ4v) is 4.64. The van der Waals surface area contributed by atoms with Crippen molar-refractivity contribution in [3.05, 3.63) is 77.5 Å². The van der Waals surface area contributed by atoms with E-state index in [1.54, 1.807) is 0 Å². The number of carbonyl (C=O) groups excluding carboxylic acids is 2. The van der Waals surface area contributed by atoms with Crippen molar-refractivity contribution in [1.29, 1.82) is 0 Å². The van der Waals surface area contributed by atoms with Gasteiger partial charge < -0.3 is 24.9 Å². The predicted molar refractivity (Wildman–Crippen MR) is 120 cm³/mol. The first-order valence-electron chi connectivity index (χ1n) is 11.1. The molecule has 0 radical (unpaired) electrons. The maximum Gasteiger partial charge on any atom is 0.407 e. The molecule has 2 aromatic carbocycles. The molecule has 5 rings (SSSR count). The van der Waals surface area contributed by atoms with Crippen LogP contribution < -0.4 is 10.6 Å². The second-order valence-electron chi connectivity index (χ2n) is 8.48. The lowest BCUT2D eigenvalue weighted by molar-refractivity contribution is -0.128. The zero-order chi connectivity index (χ0) is 23.7. The monoisotopic (exact) mass is 461 g/mol. The molecular formula is C25H23N3O6. The molecule has 9 heteroatoms. The number of hydrogen-bond acceptors (Lipinski definition) is 6. The Morgan fingerprint density at radius 3 is 2.32 bits per heavy atom. The first-order valence-corrected chi connectivity index (χ1v) is 11.1. The SMILES string of the molecule is O=C(NC1CC(C(=O)NCc2ocnc2C(=O)O)C1)OCC1c2ccccc2-c2ccccc21. The quantitative estimate of drug-likeness (QED) is 0.492. The molecule has 9 nitrogen and oxygen atoms in total. The Kier molecular flexibility index (Phi) is 5.75. The molecule has 2 aliphatic rings.